The van der Waals surface area contributed by atoms with E-state index in [9.17, 15) is 9.18 Å². The van der Waals surface area contributed by atoms with Gasteiger partial charge in [-0.1, -0.05) is 120 Å². The van der Waals surface area contributed by atoms with E-state index in [0.29, 0.717) is 48.5 Å². The first-order valence-electron chi connectivity index (χ1n) is 19.1. The fraction of sp³-hybridized carbons (Fsp3) is 0.378. The molecule has 0 bridgehead atoms. The molecule has 0 saturated carbocycles. The Hall–Kier alpha value is -4.24. The van der Waals surface area contributed by atoms with Gasteiger partial charge in [0.25, 0.3) is 8.32 Å². The number of hydrogen-bond donors (Lipinski definition) is 1. The maximum atomic E-state index is 14.6. The lowest BCUT2D eigenvalue weighted by Gasteiger charge is -2.43. The van der Waals surface area contributed by atoms with Crippen molar-refractivity contribution in [2.75, 3.05) is 6.54 Å². The molecular weight excluding hydrogens is 715 g/mol. The van der Waals surface area contributed by atoms with Crippen LogP contribution in [0.25, 0.3) is 10.9 Å². The third kappa shape index (κ3) is 9.16. The number of esters is 1. The smallest absolute Gasteiger partial charge is 0.342 e. The maximum absolute atomic E-state index is 14.6. The van der Waals surface area contributed by atoms with Crippen LogP contribution in [-0.4, -0.2) is 31.9 Å². The molecule has 286 valence electrons. The molecule has 0 aliphatic carbocycles. The van der Waals surface area contributed by atoms with E-state index in [0.717, 1.165) is 27.6 Å². The van der Waals surface area contributed by atoms with Gasteiger partial charge in [0.05, 0.1) is 11.1 Å². The molecule has 1 N–H and O–H groups in total. The quantitative estimate of drug-likeness (QED) is 0.0577. The second kappa shape index (κ2) is 18.4. The monoisotopic (exact) mass is 768 g/mol. The number of aromatic nitrogens is 1. The second-order valence-electron chi connectivity index (χ2n) is 15.1. The van der Waals surface area contributed by atoms with Gasteiger partial charge in [-0.05, 0) is 90.8 Å². The molecule has 5 rings (SSSR count). The summed E-state index contributed by atoms with van der Waals surface area (Å²) in [5.74, 6) is 0.136. The summed E-state index contributed by atoms with van der Waals surface area (Å²) in [5.41, 5.74) is 5.24. The summed E-state index contributed by atoms with van der Waals surface area (Å²) in [4.78, 5) is 19.5. The van der Waals surface area contributed by atoms with Crippen LogP contribution in [0.5, 0.6) is 11.5 Å². The van der Waals surface area contributed by atoms with Crippen LogP contribution in [0.2, 0.25) is 21.6 Å². The zero-order chi connectivity index (χ0) is 39.0. The number of carbonyl (C=O) groups is 1. The Morgan fingerprint density at radius 1 is 0.815 bits per heavy atom. The highest BCUT2D eigenvalue weighted by atomic mass is 35.5. The van der Waals surface area contributed by atoms with Crippen molar-refractivity contribution < 1.29 is 23.1 Å². The molecule has 4 aromatic carbocycles. The van der Waals surface area contributed by atoms with Crippen LogP contribution in [0, 0.1) is 5.82 Å². The summed E-state index contributed by atoms with van der Waals surface area (Å²) in [5, 5.41) is 4.37. The summed E-state index contributed by atoms with van der Waals surface area (Å²) < 4.78 is 34.6. The number of halogens is 2. The number of benzene rings is 4. The first-order chi connectivity index (χ1) is 25.8. The molecule has 0 unspecified atom stereocenters. The van der Waals surface area contributed by atoms with Crippen molar-refractivity contribution in [2.24, 2.45) is 0 Å². The lowest BCUT2D eigenvalue weighted by Crippen LogP contribution is -2.51. The van der Waals surface area contributed by atoms with Gasteiger partial charge in [-0.2, -0.15) is 0 Å². The predicted octanol–water partition coefficient (Wildman–Crippen LogP) is 12.0. The summed E-state index contributed by atoms with van der Waals surface area (Å²) in [6.45, 7) is 18.4. The standard InChI is InChI=1S/C45H54ClFN2O4Si/c1-29(2)51-45(50)40-36(21-15-25-48-28-33-23-24-39(47)38(46)27-33)43(53-54(30(3)4,31(5)6)32(7)8)37-22-16-26-49-41(37)44(40)52-42(34-17-11-9-12-18-34)35-19-13-10-14-20-35/h9-14,16-20,22-24,26-27,29-32,42,48H,15,21,25,28H2,1-8H3. The van der Waals surface area contributed by atoms with E-state index in [1.807, 2.05) is 86.6 Å². The molecule has 0 atom stereocenters. The van der Waals surface area contributed by atoms with Crippen LogP contribution >= 0.6 is 11.6 Å². The van der Waals surface area contributed by atoms with Crippen LogP contribution in [-0.2, 0) is 17.7 Å². The van der Waals surface area contributed by atoms with Crippen molar-refractivity contribution in [3.8, 4) is 11.5 Å². The summed E-state index contributed by atoms with van der Waals surface area (Å²) in [6.07, 6.45) is 1.98. The van der Waals surface area contributed by atoms with E-state index in [-0.39, 0.29) is 27.8 Å². The molecule has 54 heavy (non-hydrogen) atoms. The molecule has 0 spiro atoms. The van der Waals surface area contributed by atoms with Crippen LogP contribution in [0.1, 0.15) is 101 Å². The first kappa shape index (κ1) is 40.9. The number of pyridine rings is 1. The van der Waals surface area contributed by atoms with E-state index in [2.05, 4.69) is 46.9 Å². The van der Waals surface area contributed by atoms with E-state index in [1.165, 1.54) is 6.07 Å². The van der Waals surface area contributed by atoms with E-state index in [1.54, 1.807) is 18.3 Å². The first-order valence-corrected chi connectivity index (χ1v) is 21.6. The lowest BCUT2D eigenvalue weighted by atomic mass is 9.95. The van der Waals surface area contributed by atoms with Gasteiger partial charge in [0, 0.05) is 23.7 Å². The lowest BCUT2D eigenvalue weighted by molar-refractivity contribution is 0.0370. The van der Waals surface area contributed by atoms with Crippen LogP contribution in [0.3, 0.4) is 0 Å². The molecule has 0 aliphatic rings. The highest BCUT2D eigenvalue weighted by molar-refractivity contribution is 6.78. The van der Waals surface area contributed by atoms with Gasteiger partial charge in [-0.25, -0.2) is 9.18 Å². The summed E-state index contributed by atoms with van der Waals surface area (Å²) in [6, 6.07) is 28.7. The summed E-state index contributed by atoms with van der Waals surface area (Å²) >= 11 is 6.06. The molecule has 1 aromatic heterocycles. The van der Waals surface area contributed by atoms with Crippen molar-refractivity contribution in [1.82, 2.24) is 10.3 Å². The van der Waals surface area contributed by atoms with Crippen LogP contribution in [0.15, 0.2) is 97.2 Å². The Kier molecular flexibility index (Phi) is 13.9. The number of nitrogens with one attached hydrogen (secondary N) is 1. The van der Waals surface area contributed by atoms with Gasteiger partial charge < -0.3 is 19.2 Å². The maximum Gasteiger partial charge on any atom is 0.342 e. The molecular formula is C45H54ClFN2O4Si. The second-order valence-corrected chi connectivity index (χ2v) is 20.9. The number of ether oxygens (including phenoxy) is 2. The number of rotatable bonds is 17. The zero-order valence-electron chi connectivity index (χ0n) is 32.8. The number of fused-ring (bicyclic) bond motifs is 1. The highest BCUT2D eigenvalue weighted by Crippen LogP contribution is 2.49. The molecule has 0 amide bonds. The number of nitrogens with zero attached hydrogens (tertiary/aromatic N) is 1. The minimum atomic E-state index is -2.55. The average Bonchev–Trinajstić information content (AvgIpc) is 3.14. The van der Waals surface area contributed by atoms with Gasteiger partial charge >= 0.3 is 5.97 Å². The number of hydrogen-bond acceptors (Lipinski definition) is 6. The van der Waals surface area contributed by atoms with Crippen molar-refractivity contribution in [1.29, 1.82) is 0 Å². The van der Waals surface area contributed by atoms with Gasteiger partial charge in [-0.3, -0.25) is 4.98 Å². The predicted molar refractivity (Wildman–Crippen MR) is 221 cm³/mol. The van der Waals surface area contributed by atoms with E-state index in [4.69, 9.17) is 30.5 Å². The minimum Gasteiger partial charge on any atom is -0.542 e. The Morgan fingerprint density at radius 2 is 1.43 bits per heavy atom. The molecule has 5 aromatic rings. The highest BCUT2D eigenvalue weighted by Gasteiger charge is 2.48. The van der Waals surface area contributed by atoms with Gasteiger partial charge in [0.15, 0.2) is 5.75 Å². The van der Waals surface area contributed by atoms with Crippen molar-refractivity contribution >= 4 is 36.8 Å². The Labute approximate surface area is 326 Å². The van der Waals surface area contributed by atoms with Gasteiger partial charge in [0.1, 0.15) is 28.8 Å². The van der Waals surface area contributed by atoms with E-state index < -0.39 is 26.2 Å². The SMILES string of the molecule is CC(C)OC(=O)c1c(CCCNCc2ccc(F)c(Cl)c2)c(O[Si](C(C)C)(C(C)C)C(C)C)c2cccnc2c1OC(c1ccccc1)c1ccccc1. The number of carbonyl (C=O) groups excluding carboxylic acids is 1. The van der Waals surface area contributed by atoms with Crippen molar-refractivity contribution in [3.63, 3.8) is 0 Å². The van der Waals surface area contributed by atoms with Crippen LogP contribution in [0.4, 0.5) is 4.39 Å². The average molecular weight is 769 g/mol. The Morgan fingerprint density at radius 3 is 1.98 bits per heavy atom. The van der Waals surface area contributed by atoms with E-state index >= 15 is 0 Å². The molecule has 6 nitrogen and oxygen atoms in total. The molecule has 0 saturated heterocycles. The molecule has 0 fully saturated rings. The Bertz CT molecular complexity index is 1950. The third-order valence-corrected chi connectivity index (χ3v) is 16.4. The van der Waals surface area contributed by atoms with Crippen molar-refractivity contribution in [3.05, 3.63) is 136 Å². The van der Waals surface area contributed by atoms with Crippen LogP contribution < -0.4 is 14.5 Å². The minimum absolute atomic E-state index is 0.0964. The topological polar surface area (TPSA) is 69.7 Å². The fourth-order valence-corrected chi connectivity index (χ4v) is 13.3. The molecule has 1 heterocycles. The Balaban J connectivity index is 1.72. The zero-order valence-corrected chi connectivity index (χ0v) is 34.5. The molecule has 0 aliphatic heterocycles. The molecule has 9 heteroatoms. The van der Waals surface area contributed by atoms with Gasteiger partial charge in [0.2, 0.25) is 0 Å². The third-order valence-electron chi connectivity index (χ3n) is 10.1. The molecule has 0 radical (unpaired) electrons. The largest absolute Gasteiger partial charge is 0.542 e. The fourth-order valence-electron chi connectivity index (χ4n) is 7.76. The summed E-state index contributed by atoms with van der Waals surface area (Å²) in [7, 11) is -2.55. The van der Waals surface area contributed by atoms with Crippen molar-refractivity contribution in [2.45, 2.75) is 104 Å². The van der Waals surface area contributed by atoms with Gasteiger partial charge in [-0.15, -0.1) is 0 Å². The normalized spacial score (nSPS) is 12.1.